The molecule has 1 aromatic carbocycles. The van der Waals surface area contributed by atoms with Crippen LogP contribution in [-0.4, -0.2) is 4.98 Å². The minimum atomic E-state index is 0.406. The van der Waals surface area contributed by atoms with Crippen LogP contribution < -0.4 is 4.74 Å². The Morgan fingerprint density at radius 3 is 3.00 bits per heavy atom. The molecule has 2 rings (SSSR count). The van der Waals surface area contributed by atoms with E-state index in [1.54, 1.807) is 23.5 Å². The van der Waals surface area contributed by atoms with Gasteiger partial charge in [0.1, 0.15) is 17.4 Å². The molecule has 2 aromatic rings. The van der Waals surface area contributed by atoms with Crippen molar-refractivity contribution in [3.8, 4) is 11.8 Å². The smallest absolute Gasteiger partial charge is 0.140 e. The Morgan fingerprint density at radius 1 is 1.47 bits per heavy atom. The first-order valence-electron chi connectivity index (χ1n) is 5.95. The highest BCUT2D eigenvalue weighted by molar-refractivity contribution is 7.11. The number of nitrogens with zero attached hydrogens (tertiary/aromatic N) is 2. The van der Waals surface area contributed by atoms with Crippen molar-refractivity contribution in [2.45, 2.75) is 26.4 Å². The van der Waals surface area contributed by atoms with Gasteiger partial charge >= 0.3 is 0 Å². The molecular formula is C14H13ClN2OS. The summed E-state index contributed by atoms with van der Waals surface area (Å²) in [7, 11) is 0. The number of hydrogen-bond donors (Lipinski definition) is 0. The summed E-state index contributed by atoms with van der Waals surface area (Å²) in [4.78, 5) is 5.53. The molecule has 1 heterocycles. The van der Waals surface area contributed by atoms with E-state index in [-0.39, 0.29) is 0 Å². The van der Waals surface area contributed by atoms with Crippen LogP contribution in [-0.2, 0) is 19.4 Å². The fraction of sp³-hybridized carbons (Fsp3) is 0.286. The Balaban J connectivity index is 2.05. The van der Waals surface area contributed by atoms with Crippen molar-refractivity contribution in [3.63, 3.8) is 0 Å². The third kappa shape index (κ3) is 3.69. The van der Waals surface area contributed by atoms with E-state index in [0.717, 1.165) is 27.7 Å². The molecule has 0 spiro atoms. The maximum Gasteiger partial charge on any atom is 0.140 e. The van der Waals surface area contributed by atoms with Crippen molar-refractivity contribution in [1.29, 1.82) is 5.26 Å². The van der Waals surface area contributed by atoms with Crippen molar-refractivity contribution >= 4 is 22.9 Å². The number of hydrogen-bond acceptors (Lipinski definition) is 4. The summed E-state index contributed by atoms with van der Waals surface area (Å²) in [6.45, 7) is 2.45. The maximum atomic E-state index is 8.77. The minimum absolute atomic E-state index is 0.406. The van der Waals surface area contributed by atoms with Crippen LogP contribution in [0.3, 0.4) is 0 Å². The molecule has 0 unspecified atom stereocenters. The first-order chi connectivity index (χ1) is 9.22. The first kappa shape index (κ1) is 13.9. The second-order valence-corrected chi connectivity index (χ2v) is 5.52. The summed E-state index contributed by atoms with van der Waals surface area (Å²) >= 11 is 7.43. The van der Waals surface area contributed by atoms with Gasteiger partial charge in [-0.2, -0.15) is 5.26 Å². The summed E-state index contributed by atoms with van der Waals surface area (Å²) in [5.74, 6) is 0.725. The highest BCUT2D eigenvalue weighted by atomic mass is 35.5. The van der Waals surface area contributed by atoms with E-state index < -0.39 is 0 Å². The number of rotatable bonds is 5. The molecule has 0 fully saturated rings. The molecule has 0 atom stereocenters. The lowest BCUT2D eigenvalue weighted by molar-refractivity contribution is 0.305. The molecule has 0 bridgehead atoms. The van der Waals surface area contributed by atoms with E-state index in [0.29, 0.717) is 18.1 Å². The van der Waals surface area contributed by atoms with Gasteiger partial charge in [-0.25, -0.2) is 4.98 Å². The molecule has 98 valence electrons. The second kappa shape index (κ2) is 6.55. The van der Waals surface area contributed by atoms with E-state index in [2.05, 4.69) is 11.1 Å². The molecule has 0 aliphatic rings. The van der Waals surface area contributed by atoms with Gasteiger partial charge < -0.3 is 4.74 Å². The van der Waals surface area contributed by atoms with E-state index in [1.807, 2.05) is 19.1 Å². The number of halogens is 1. The quantitative estimate of drug-likeness (QED) is 0.836. The van der Waals surface area contributed by atoms with Gasteiger partial charge in [0.25, 0.3) is 0 Å². The van der Waals surface area contributed by atoms with Crippen LogP contribution >= 0.6 is 22.9 Å². The monoisotopic (exact) mass is 292 g/mol. The zero-order valence-electron chi connectivity index (χ0n) is 10.5. The van der Waals surface area contributed by atoms with Crippen molar-refractivity contribution in [1.82, 2.24) is 4.98 Å². The molecule has 5 heteroatoms. The molecule has 0 saturated carbocycles. The summed E-state index contributed by atoms with van der Waals surface area (Å²) in [5, 5.41) is 10.3. The van der Waals surface area contributed by atoms with Crippen molar-refractivity contribution in [2.75, 3.05) is 0 Å². The topological polar surface area (TPSA) is 45.9 Å². The predicted molar refractivity (Wildman–Crippen MR) is 76.6 cm³/mol. The van der Waals surface area contributed by atoms with Crippen LogP contribution in [0, 0.1) is 11.3 Å². The molecule has 0 aliphatic carbocycles. The largest absolute Gasteiger partial charge is 0.486 e. The third-order valence-electron chi connectivity index (χ3n) is 2.56. The van der Waals surface area contributed by atoms with Gasteiger partial charge in [-0.05, 0) is 24.6 Å². The molecule has 0 N–H and O–H groups in total. The predicted octanol–water partition coefficient (Wildman–Crippen LogP) is 4.00. The zero-order chi connectivity index (χ0) is 13.7. The lowest BCUT2D eigenvalue weighted by Gasteiger charge is -2.03. The van der Waals surface area contributed by atoms with Crippen molar-refractivity contribution < 1.29 is 4.74 Å². The van der Waals surface area contributed by atoms with Crippen molar-refractivity contribution in [3.05, 3.63) is 44.9 Å². The lowest BCUT2D eigenvalue weighted by atomic mass is 10.2. The Labute approximate surface area is 121 Å². The normalized spacial score (nSPS) is 10.2. The van der Waals surface area contributed by atoms with Gasteiger partial charge in [0.05, 0.1) is 18.2 Å². The van der Waals surface area contributed by atoms with Crippen LogP contribution in [0.25, 0.3) is 0 Å². The highest BCUT2D eigenvalue weighted by Crippen LogP contribution is 2.23. The van der Waals surface area contributed by atoms with E-state index >= 15 is 0 Å². The van der Waals surface area contributed by atoms with Gasteiger partial charge in [0.15, 0.2) is 0 Å². The van der Waals surface area contributed by atoms with Gasteiger partial charge in [0, 0.05) is 9.90 Å². The molecule has 0 saturated heterocycles. The Bertz CT molecular complexity index is 604. The second-order valence-electron chi connectivity index (χ2n) is 3.91. The fourth-order valence-corrected chi connectivity index (χ4v) is 2.87. The minimum Gasteiger partial charge on any atom is -0.486 e. The number of thiazole rings is 1. The molecule has 0 aliphatic heterocycles. The summed E-state index contributed by atoms with van der Waals surface area (Å²) < 4.78 is 5.64. The molecular weight excluding hydrogens is 280 g/mol. The van der Waals surface area contributed by atoms with E-state index in [4.69, 9.17) is 21.6 Å². The Hall–Kier alpha value is -1.57. The van der Waals surface area contributed by atoms with Gasteiger partial charge in [-0.15, -0.1) is 11.3 Å². The molecule has 3 nitrogen and oxygen atoms in total. The maximum absolute atomic E-state index is 8.77. The van der Waals surface area contributed by atoms with Crippen LogP contribution in [0.2, 0.25) is 5.02 Å². The Kier molecular flexibility index (Phi) is 4.78. The third-order valence-corrected chi connectivity index (χ3v) is 3.86. The average molecular weight is 293 g/mol. The number of ether oxygens (including phenoxy) is 1. The summed E-state index contributed by atoms with van der Waals surface area (Å²) in [6, 6.07) is 9.44. The number of nitriles is 1. The van der Waals surface area contributed by atoms with E-state index in [1.165, 1.54) is 0 Å². The first-order valence-corrected chi connectivity index (χ1v) is 7.15. The number of benzene rings is 1. The fourth-order valence-electron chi connectivity index (χ4n) is 1.69. The summed E-state index contributed by atoms with van der Waals surface area (Å²) in [5.41, 5.74) is 0.997. The standard InChI is InChI=1S/C14H13ClN2OS/c1-2-12-13(6-7-16)19-14(17-12)9-18-11-5-3-4-10(15)8-11/h3-5,8H,2,6,9H2,1H3. The van der Waals surface area contributed by atoms with Crippen LogP contribution in [0.4, 0.5) is 0 Å². The summed E-state index contributed by atoms with van der Waals surface area (Å²) in [6.07, 6.45) is 1.25. The van der Waals surface area contributed by atoms with Crippen LogP contribution in [0.5, 0.6) is 5.75 Å². The van der Waals surface area contributed by atoms with E-state index in [9.17, 15) is 0 Å². The molecule has 0 radical (unpaired) electrons. The van der Waals surface area contributed by atoms with Crippen LogP contribution in [0.1, 0.15) is 22.5 Å². The van der Waals surface area contributed by atoms with Gasteiger partial charge in [-0.1, -0.05) is 24.6 Å². The molecule has 0 amide bonds. The lowest BCUT2D eigenvalue weighted by Crippen LogP contribution is -1.95. The average Bonchev–Trinajstić information content (AvgIpc) is 2.79. The Morgan fingerprint density at radius 2 is 2.32 bits per heavy atom. The van der Waals surface area contributed by atoms with Gasteiger partial charge in [-0.3, -0.25) is 0 Å². The zero-order valence-corrected chi connectivity index (χ0v) is 12.1. The number of aromatic nitrogens is 1. The van der Waals surface area contributed by atoms with Gasteiger partial charge in [0.2, 0.25) is 0 Å². The molecule has 1 aromatic heterocycles. The highest BCUT2D eigenvalue weighted by Gasteiger charge is 2.10. The van der Waals surface area contributed by atoms with Crippen LogP contribution in [0.15, 0.2) is 24.3 Å². The SMILES string of the molecule is CCc1nc(COc2cccc(Cl)c2)sc1CC#N. The molecule has 19 heavy (non-hydrogen) atoms. The van der Waals surface area contributed by atoms with Crippen molar-refractivity contribution in [2.24, 2.45) is 0 Å². The number of aryl methyl sites for hydroxylation is 1.